The molecule has 1 saturated heterocycles. The van der Waals surface area contributed by atoms with Crippen LogP contribution in [0.4, 0.5) is 4.39 Å². The SMILES string of the molecule is CC(=O)N1CCC(C(=O)N2N=CC[C@H]2c2ccccc2F)CC1. The van der Waals surface area contributed by atoms with Gasteiger partial charge in [0, 0.05) is 44.1 Å². The Morgan fingerprint density at radius 1 is 1.22 bits per heavy atom. The molecule has 0 unspecified atom stereocenters. The van der Waals surface area contributed by atoms with E-state index in [0.717, 1.165) is 0 Å². The molecule has 1 aromatic rings. The molecular formula is C17H20FN3O2. The van der Waals surface area contributed by atoms with Crippen molar-refractivity contribution in [2.45, 2.75) is 32.2 Å². The van der Waals surface area contributed by atoms with Gasteiger partial charge in [0.15, 0.2) is 0 Å². The van der Waals surface area contributed by atoms with E-state index < -0.39 is 0 Å². The van der Waals surface area contributed by atoms with Crippen molar-refractivity contribution in [3.05, 3.63) is 35.6 Å². The Hall–Kier alpha value is -2.24. The lowest BCUT2D eigenvalue weighted by molar-refractivity contribution is -0.141. The lowest BCUT2D eigenvalue weighted by Gasteiger charge is -2.33. The number of likely N-dealkylation sites (tertiary alicyclic amines) is 1. The van der Waals surface area contributed by atoms with Crippen LogP contribution in [0.15, 0.2) is 29.4 Å². The number of halogens is 1. The van der Waals surface area contributed by atoms with E-state index in [1.165, 1.54) is 11.1 Å². The molecule has 6 heteroatoms. The second kappa shape index (κ2) is 6.48. The highest BCUT2D eigenvalue weighted by Crippen LogP contribution is 2.32. The van der Waals surface area contributed by atoms with E-state index in [-0.39, 0.29) is 29.6 Å². The number of amides is 2. The smallest absolute Gasteiger partial charge is 0.246 e. The van der Waals surface area contributed by atoms with Crippen molar-refractivity contribution in [3.63, 3.8) is 0 Å². The van der Waals surface area contributed by atoms with Crippen LogP contribution in [0.25, 0.3) is 0 Å². The largest absolute Gasteiger partial charge is 0.343 e. The number of hydrogen-bond acceptors (Lipinski definition) is 3. The van der Waals surface area contributed by atoms with E-state index in [1.54, 1.807) is 36.2 Å². The number of piperidine rings is 1. The Labute approximate surface area is 134 Å². The molecule has 0 aliphatic carbocycles. The molecule has 1 atom stereocenters. The van der Waals surface area contributed by atoms with Gasteiger partial charge in [0.05, 0.1) is 6.04 Å². The fourth-order valence-corrected chi connectivity index (χ4v) is 3.26. The third kappa shape index (κ3) is 3.11. The van der Waals surface area contributed by atoms with E-state index in [4.69, 9.17) is 0 Å². The van der Waals surface area contributed by atoms with Gasteiger partial charge in [0.2, 0.25) is 11.8 Å². The van der Waals surface area contributed by atoms with Crippen LogP contribution in [0.1, 0.15) is 37.8 Å². The van der Waals surface area contributed by atoms with Crippen molar-refractivity contribution in [1.29, 1.82) is 0 Å². The topological polar surface area (TPSA) is 53.0 Å². The van der Waals surface area contributed by atoms with Gasteiger partial charge >= 0.3 is 0 Å². The van der Waals surface area contributed by atoms with Gasteiger partial charge in [-0.2, -0.15) is 5.10 Å². The van der Waals surface area contributed by atoms with Crippen molar-refractivity contribution < 1.29 is 14.0 Å². The molecule has 0 radical (unpaired) electrons. The normalized spacial score (nSPS) is 21.7. The van der Waals surface area contributed by atoms with Crippen molar-refractivity contribution in [1.82, 2.24) is 9.91 Å². The van der Waals surface area contributed by atoms with Crippen LogP contribution in [0.5, 0.6) is 0 Å². The Kier molecular flexibility index (Phi) is 4.41. The van der Waals surface area contributed by atoms with Crippen LogP contribution >= 0.6 is 0 Å². The van der Waals surface area contributed by atoms with Crippen molar-refractivity contribution in [2.24, 2.45) is 11.0 Å². The van der Waals surface area contributed by atoms with Gasteiger partial charge < -0.3 is 4.90 Å². The van der Waals surface area contributed by atoms with E-state index in [1.807, 2.05) is 0 Å². The Bertz CT molecular complexity index is 638. The minimum atomic E-state index is -0.366. The second-order valence-corrected chi connectivity index (χ2v) is 6.03. The molecule has 0 aromatic heterocycles. The van der Waals surface area contributed by atoms with Gasteiger partial charge in [0.1, 0.15) is 5.82 Å². The molecule has 5 nitrogen and oxygen atoms in total. The summed E-state index contributed by atoms with van der Waals surface area (Å²) < 4.78 is 14.0. The maximum Gasteiger partial charge on any atom is 0.246 e. The monoisotopic (exact) mass is 317 g/mol. The highest BCUT2D eigenvalue weighted by Gasteiger charge is 2.35. The average Bonchev–Trinajstić information content (AvgIpc) is 3.04. The highest BCUT2D eigenvalue weighted by molar-refractivity contribution is 5.82. The Morgan fingerprint density at radius 2 is 1.91 bits per heavy atom. The summed E-state index contributed by atoms with van der Waals surface area (Å²) >= 11 is 0. The summed E-state index contributed by atoms with van der Waals surface area (Å²) in [6.45, 7) is 2.72. The van der Waals surface area contributed by atoms with E-state index >= 15 is 0 Å². The van der Waals surface area contributed by atoms with E-state index in [2.05, 4.69) is 5.10 Å². The van der Waals surface area contributed by atoms with Gasteiger partial charge in [-0.3, -0.25) is 9.59 Å². The molecule has 23 heavy (non-hydrogen) atoms. The number of carbonyl (C=O) groups excluding carboxylic acids is 2. The molecule has 2 aliphatic heterocycles. The minimum Gasteiger partial charge on any atom is -0.343 e. The van der Waals surface area contributed by atoms with Crippen LogP contribution in [0.3, 0.4) is 0 Å². The quantitative estimate of drug-likeness (QED) is 0.841. The first-order valence-electron chi connectivity index (χ1n) is 7.93. The van der Waals surface area contributed by atoms with Crippen molar-refractivity contribution in [3.8, 4) is 0 Å². The third-order valence-corrected chi connectivity index (χ3v) is 4.61. The summed E-state index contributed by atoms with van der Waals surface area (Å²) in [5, 5.41) is 5.60. The number of benzene rings is 1. The van der Waals surface area contributed by atoms with Gasteiger partial charge in [-0.25, -0.2) is 9.40 Å². The number of rotatable bonds is 2. The first-order chi connectivity index (χ1) is 11.1. The summed E-state index contributed by atoms with van der Waals surface area (Å²) in [6.07, 6.45) is 3.46. The van der Waals surface area contributed by atoms with Crippen molar-refractivity contribution in [2.75, 3.05) is 13.1 Å². The summed E-state index contributed by atoms with van der Waals surface area (Å²) in [4.78, 5) is 25.9. The zero-order chi connectivity index (χ0) is 16.4. The van der Waals surface area contributed by atoms with E-state index in [9.17, 15) is 14.0 Å². The van der Waals surface area contributed by atoms with Gasteiger partial charge in [0.25, 0.3) is 0 Å². The zero-order valence-electron chi connectivity index (χ0n) is 13.1. The van der Waals surface area contributed by atoms with E-state index in [0.29, 0.717) is 37.9 Å². The fraction of sp³-hybridized carbons (Fsp3) is 0.471. The van der Waals surface area contributed by atoms with Crippen LogP contribution < -0.4 is 0 Å². The minimum absolute atomic E-state index is 0.0410. The number of hydrogen-bond donors (Lipinski definition) is 0. The maximum absolute atomic E-state index is 14.0. The van der Waals surface area contributed by atoms with Gasteiger partial charge in [-0.15, -0.1) is 0 Å². The van der Waals surface area contributed by atoms with Crippen LogP contribution in [-0.2, 0) is 9.59 Å². The highest BCUT2D eigenvalue weighted by atomic mass is 19.1. The van der Waals surface area contributed by atoms with Crippen LogP contribution in [0.2, 0.25) is 0 Å². The molecule has 2 heterocycles. The molecule has 2 aliphatic rings. The van der Waals surface area contributed by atoms with Crippen molar-refractivity contribution >= 4 is 18.0 Å². The van der Waals surface area contributed by atoms with Gasteiger partial charge in [-0.1, -0.05) is 18.2 Å². The molecule has 2 amide bonds. The second-order valence-electron chi connectivity index (χ2n) is 6.03. The number of carbonyl (C=O) groups is 2. The van der Waals surface area contributed by atoms with Crippen LogP contribution in [-0.4, -0.2) is 41.0 Å². The summed E-state index contributed by atoms with van der Waals surface area (Å²) in [5.41, 5.74) is 0.500. The number of hydrazone groups is 1. The third-order valence-electron chi connectivity index (χ3n) is 4.61. The summed E-state index contributed by atoms with van der Waals surface area (Å²) in [7, 11) is 0. The standard InChI is InChI=1S/C17H20FN3O2/c1-12(22)20-10-7-13(8-11-20)17(23)21-16(6-9-19-21)14-4-2-3-5-15(14)18/h2-5,9,13,16H,6-8,10-11H2,1H3/t16-/m0/s1. The molecule has 122 valence electrons. The molecule has 0 saturated carbocycles. The maximum atomic E-state index is 14.0. The molecular weight excluding hydrogens is 297 g/mol. The average molecular weight is 317 g/mol. The molecule has 1 fully saturated rings. The Morgan fingerprint density at radius 3 is 2.57 bits per heavy atom. The number of nitrogens with zero attached hydrogens (tertiary/aromatic N) is 3. The zero-order valence-corrected chi connectivity index (χ0v) is 13.1. The fourth-order valence-electron chi connectivity index (χ4n) is 3.26. The van der Waals surface area contributed by atoms with Crippen LogP contribution in [0, 0.1) is 11.7 Å². The lowest BCUT2D eigenvalue weighted by atomic mass is 9.94. The first kappa shape index (κ1) is 15.6. The van der Waals surface area contributed by atoms with Gasteiger partial charge in [-0.05, 0) is 18.9 Å². The Balaban J connectivity index is 1.71. The summed E-state index contributed by atoms with van der Waals surface area (Å²) in [5.74, 6) is -0.503. The molecule has 0 spiro atoms. The first-order valence-corrected chi connectivity index (χ1v) is 7.93. The molecule has 0 bridgehead atoms. The molecule has 0 N–H and O–H groups in total. The molecule has 3 rings (SSSR count). The predicted molar refractivity (Wildman–Crippen MR) is 84.1 cm³/mol. The summed E-state index contributed by atoms with van der Waals surface area (Å²) in [6, 6.07) is 6.15. The predicted octanol–water partition coefficient (Wildman–Crippen LogP) is 2.34. The molecule has 1 aromatic carbocycles. The lowest BCUT2D eigenvalue weighted by Crippen LogP contribution is -2.42.